The summed E-state index contributed by atoms with van der Waals surface area (Å²) in [5.41, 5.74) is 1.08. The van der Waals surface area contributed by atoms with Gasteiger partial charge in [0.1, 0.15) is 0 Å². The summed E-state index contributed by atoms with van der Waals surface area (Å²) in [6.45, 7) is 0.839. The third-order valence-corrected chi connectivity index (χ3v) is 4.49. The second kappa shape index (κ2) is 6.93. The van der Waals surface area contributed by atoms with E-state index in [4.69, 9.17) is 0 Å². The molecule has 2 rings (SSSR count). The van der Waals surface area contributed by atoms with Crippen LogP contribution in [0.2, 0.25) is 0 Å². The van der Waals surface area contributed by atoms with Crippen LogP contribution in [-0.4, -0.2) is 17.3 Å². The van der Waals surface area contributed by atoms with Crippen molar-refractivity contribution in [2.24, 2.45) is 5.92 Å². The Morgan fingerprint density at radius 1 is 1.17 bits per heavy atom. The second-order valence-electron chi connectivity index (χ2n) is 5.08. The number of carbonyl (C=O) groups is 1. The number of halogens is 1. The molecule has 1 aromatic rings. The maximum absolute atomic E-state index is 11.8. The first kappa shape index (κ1) is 13.6. The van der Waals surface area contributed by atoms with E-state index < -0.39 is 0 Å². The van der Waals surface area contributed by atoms with Crippen LogP contribution in [0.5, 0.6) is 0 Å². The van der Waals surface area contributed by atoms with Gasteiger partial charge in [0.15, 0.2) is 0 Å². The zero-order valence-corrected chi connectivity index (χ0v) is 12.2. The molecule has 0 aliphatic heterocycles. The van der Waals surface area contributed by atoms with Crippen LogP contribution in [-0.2, 0) is 11.2 Å². The zero-order chi connectivity index (χ0) is 12.8. The molecule has 1 amide bonds. The summed E-state index contributed by atoms with van der Waals surface area (Å²) in [5, 5.41) is 3.06. The molecule has 1 saturated carbocycles. The highest BCUT2D eigenvalue weighted by Gasteiger charge is 2.19. The normalized spacial score (nSPS) is 23.6. The Bertz CT molecular complexity index is 371. The highest BCUT2D eigenvalue weighted by molar-refractivity contribution is 9.09. The Morgan fingerprint density at radius 3 is 2.50 bits per heavy atom. The van der Waals surface area contributed by atoms with Crippen molar-refractivity contribution in [1.29, 1.82) is 0 Å². The van der Waals surface area contributed by atoms with E-state index in [0.717, 1.165) is 12.1 Å². The summed E-state index contributed by atoms with van der Waals surface area (Å²) in [5.74, 6) is 0.806. The predicted octanol–water partition coefficient (Wildman–Crippen LogP) is 3.30. The van der Waals surface area contributed by atoms with Crippen molar-refractivity contribution in [2.45, 2.75) is 36.9 Å². The molecule has 98 valence electrons. The van der Waals surface area contributed by atoms with Crippen molar-refractivity contribution < 1.29 is 4.79 Å². The fourth-order valence-corrected chi connectivity index (χ4v) is 2.96. The molecule has 0 heterocycles. The lowest BCUT2D eigenvalue weighted by Crippen LogP contribution is -2.32. The molecule has 0 atom stereocenters. The second-order valence-corrected chi connectivity index (χ2v) is 6.38. The van der Waals surface area contributed by atoms with Gasteiger partial charge in [-0.3, -0.25) is 4.79 Å². The quantitative estimate of drug-likeness (QED) is 0.850. The Balaban J connectivity index is 1.69. The molecule has 0 spiro atoms. The summed E-state index contributed by atoms with van der Waals surface area (Å²) in [7, 11) is 0. The molecule has 1 fully saturated rings. The van der Waals surface area contributed by atoms with Crippen LogP contribution < -0.4 is 5.32 Å². The van der Waals surface area contributed by atoms with E-state index in [1.165, 1.54) is 25.7 Å². The van der Waals surface area contributed by atoms with Crippen LogP contribution in [0, 0.1) is 5.92 Å². The molecule has 3 heteroatoms. The van der Waals surface area contributed by atoms with Gasteiger partial charge < -0.3 is 5.32 Å². The third-order valence-electron chi connectivity index (χ3n) is 3.57. The molecular weight excluding hydrogens is 290 g/mol. The van der Waals surface area contributed by atoms with Crippen molar-refractivity contribution in [3.63, 3.8) is 0 Å². The van der Waals surface area contributed by atoms with E-state index in [1.54, 1.807) is 0 Å². The van der Waals surface area contributed by atoms with E-state index in [9.17, 15) is 4.79 Å². The first-order chi connectivity index (χ1) is 8.74. The average Bonchev–Trinajstić information content (AvgIpc) is 2.39. The van der Waals surface area contributed by atoms with Gasteiger partial charge in [0.25, 0.3) is 0 Å². The van der Waals surface area contributed by atoms with Gasteiger partial charge in [-0.15, -0.1) is 0 Å². The Morgan fingerprint density at radius 2 is 1.83 bits per heavy atom. The lowest BCUT2D eigenvalue weighted by atomic mass is 9.89. The number of benzene rings is 1. The van der Waals surface area contributed by atoms with Gasteiger partial charge in [0.05, 0.1) is 6.42 Å². The van der Waals surface area contributed by atoms with Crippen molar-refractivity contribution in [3.05, 3.63) is 35.9 Å². The van der Waals surface area contributed by atoms with Crippen LogP contribution in [0.15, 0.2) is 30.3 Å². The van der Waals surface area contributed by atoms with Crippen molar-refractivity contribution >= 4 is 21.8 Å². The van der Waals surface area contributed by atoms with Gasteiger partial charge in [-0.25, -0.2) is 0 Å². The number of carbonyl (C=O) groups excluding carboxylic acids is 1. The highest BCUT2D eigenvalue weighted by atomic mass is 79.9. The Labute approximate surface area is 117 Å². The summed E-state index contributed by atoms with van der Waals surface area (Å²) in [6, 6.07) is 9.91. The summed E-state index contributed by atoms with van der Waals surface area (Å²) < 4.78 is 0. The standard InChI is InChI=1S/C15H20BrNO/c16-14-8-6-13(7-9-14)11-17-15(18)10-12-4-2-1-3-5-12/h1-5,13-14H,6-11H2,(H,17,18). The van der Waals surface area contributed by atoms with E-state index in [2.05, 4.69) is 21.2 Å². The maximum atomic E-state index is 11.8. The van der Waals surface area contributed by atoms with Crippen LogP contribution in [0.3, 0.4) is 0 Å². The van der Waals surface area contributed by atoms with Crippen molar-refractivity contribution in [1.82, 2.24) is 5.32 Å². The number of rotatable bonds is 4. The Kier molecular flexibility index (Phi) is 5.24. The topological polar surface area (TPSA) is 29.1 Å². The SMILES string of the molecule is O=C(Cc1ccccc1)NCC1CCC(Br)CC1. The molecule has 1 aromatic carbocycles. The molecule has 0 unspecified atom stereocenters. The molecule has 1 aliphatic rings. The fourth-order valence-electron chi connectivity index (χ4n) is 2.43. The van der Waals surface area contributed by atoms with Gasteiger partial charge in [0.2, 0.25) is 5.91 Å². The minimum atomic E-state index is 0.141. The van der Waals surface area contributed by atoms with Crippen molar-refractivity contribution in [2.75, 3.05) is 6.54 Å². The van der Waals surface area contributed by atoms with E-state index in [0.29, 0.717) is 17.2 Å². The van der Waals surface area contributed by atoms with Crippen LogP contribution in [0.25, 0.3) is 0 Å². The van der Waals surface area contributed by atoms with Crippen LogP contribution in [0.1, 0.15) is 31.2 Å². The third kappa shape index (κ3) is 4.45. The molecule has 0 radical (unpaired) electrons. The van der Waals surface area contributed by atoms with Crippen molar-refractivity contribution in [3.8, 4) is 0 Å². The van der Waals surface area contributed by atoms with Gasteiger partial charge in [-0.05, 0) is 37.2 Å². The lowest BCUT2D eigenvalue weighted by molar-refractivity contribution is -0.120. The summed E-state index contributed by atoms with van der Waals surface area (Å²) >= 11 is 3.65. The van der Waals surface area contributed by atoms with Crippen LogP contribution in [0.4, 0.5) is 0 Å². The first-order valence-corrected chi connectivity index (χ1v) is 7.60. The smallest absolute Gasteiger partial charge is 0.224 e. The largest absolute Gasteiger partial charge is 0.356 e. The number of hydrogen-bond donors (Lipinski definition) is 1. The molecule has 1 N–H and O–H groups in total. The van der Waals surface area contributed by atoms with Gasteiger partial charge in [-0.1, -0.05) is 46.3 Å². The lowest BCUT2D eigenvalue weighted by Gasteiger charge is -2.25. The molecule has 0 bridgehead atoms. The summed E-state index contributed by atoms with van der Waals surface area (Å²) in [4.78, 5) is 12.5. The van der Waals surface area contributed by atoms with E-state index in [-0.39, 0.29) is 5.91 Å². The molecule has 2 nitrogen and oxygen atoms in total. The predicted molar refractivity (Wildman–Crippen MR) is 77.8 cm³/mol. The van der Waals surface area contributed by atoms with Gasteiger partial charge in [-0.2, -0.15) is 0 Å². The Hall–Kier alpha value is -0.830. The van der Waals surface area contributed by atoms with Gasteiger partial charge >= 0.3 is 0 Å². The summed E-state index contributed by atoms with van der Waals surface area (Å²) in [6.07, 6.45) is 5.41. The molecular formula is C15H20BrNO. The average molecular weight is 310 g/mol. The highest BCUT2D eigenvalue weighted by Crippen LogP contribution is 2.28. The molecule has 0 saturated heterocycles. The number of nitrogens with one attached hydrogen (secondary N) is 1. The molecule has 18 heavy (non-hydrogen) atoms. The van der Waals surface area contributed by atoms with E-state index in [1.807, 2.05) is 30.3 Å². The maximum Gasteiger partial charge on any atom is 0.224 e. The van der Waals surface area contributed by atoms with Crippen LogP contribution >= 0.6 is 15.9 Å². The zero-order valence-electron chi connectivity index (χ0n) is 10.6. The fraction of sp³-hybridized carbons (Fsp3) is 0.533. The number of hydrogen-bond acceptors (Lipinski definition) is 1. The monoisotopic (exact) mass is 309 g/mol. The molecule has 0 aromatic heterocycles. The minimum Gasteiger partial charge on any atom is -0.356 e. The molecule has 1 aliphatic carbocycles. The minimum absolute atomic E-state index is 0.141. The number of amides is 1. The number of alkyl halides is 1. The van der Waals surface area contributed by atoms with E-state index >= 15 is 0 Å². The first-order valence-electron chi connectivity index (χ1n) is 6.68. The van der Waals surface area contributed by atoms with Gasteiger partial charge in [0, 0.05) is 11.4 Å².